The maximum Gasteiger partial charge on any atom is 0.416 e. The summed E-state index contributed by atoms with van der Waals surface area (Å²) in [5.41, 5.74) is -0.389. The standard InChI is InChI=1S/C14H17F3N2O/c1-9(18-8-10-6-7-13(20)19-10)11-4-2-3-5-12(11)14(15,16)17/h2-5,9-10,18H,6-8H2,1H3,(H,19,20). The van der Waals surface area contributed by atoms with Crippen molar-refractivity contribution in [3.05, 3.63) is 35.4 Å². The number of halogens is 3. The molecule has 1 amide bonds. The SMILES string of the molecule is CC(NCC1CCC(=O)N1)c1ccccc1C(F)(F)F. The Balaban J connectivity index is 2.02. The zero-order valence-corrected chi connectivity index (χ0v) is 11.1. The number of hydrogen-bond donors (Lipinski definition) is 2. The molecule has 20 heavy (non-hydrogen) atoms. The third-order valence-electron chi connectivity index (χ3n) is 3.49. The van der Waals surface area contributed by atoms with Gasteiger partial charge in [0.1, 0.15) is 0 Å². The first-order chi connectivity index (χ1) is 9.38. The average Bonchev–Trinajstić information content (AvgIpc) is 2.81. The quantitative estimate of drug-likeness (QED) is 0.893. The lowest BCUT2D eigenvalue weighted by Gasteiger charge is -2.21. The molecule has 1 aromatic rings. The van der Waals surface area contributed by atoms with Crippen molar-refractivity contribution in [2.24, 2.45) is 0 Å². The fourth-order valence-electron chi connectivity index (χ4n) is 2.39. The minimum atomic E-state index is -4.35. The van der Waals surface area contributed by atoms with E-state index in [-0.39, 0.29) is 17.5 Å². The van der Waals surface area contributed by atoms with Crippen LogP contribution in [0.3, 0.4) is 0 Å². The molecule has 1 saturated heterocycles. The molecule has 0 spiro atoms. The molecule has 3 nitrogen and oxygen atoms in total. The molecule has 1 aliphatic rings. The predicted molar refractivity (Wildman–Crippen MR) is 69.0 cm³/mol. The van der Waals surface area contributed by atoms with Crippen LogP contribution in [0.1, 0.15) is 36.9 Å². The van der Waals surface area contributed by atoms with Crippen LogP contribution in [0.4, 0.5) is 13.2 Å². The highest BCUT2D eigenvalue weighted by Crippen LogP contribution is 2.34. The number of carbonyl (C=O) groups excluding carboxylic acids is 1. The zero-order valence-electron chi connectivity index (χ0n) is 11.1. The minimum Gasteiger partial charge on any atom is -0.352 e. The first-order valence-electron chi connectivity index (χ1n) is 6.57. The number of amides is 1. The van der Waals surface area contributed by atoms with E-state index in [1.807, 2.05) is 0 Å². The molecule has 1 aliphatic heterocycles. The molecule has 2 atom stereocenters. The molecular formula is C14H17F3N2O. The fraction of sp³-hybridized carbons (Fsp3) is 0.500. The molecular weight excluding hydrogens is 269 g/mol. The second kappa shape index (κ2) is 5.83. The van der Waals surface area contributed by atoms with Gasteiger partial charge in [-0.25, -0.2) is 0 Å². The van der Waals surface area contributed by atoms with Gasteiger partial charge in [0.05, 0.1) is 5.56 Å². The largest absolute Gasteiger partial charge is 0.416 e. The Morgan fingerprint density at radius 2 is 2.10 bits per heavy atom. The Hall–Kier alpha value is -1.56. The topological polar surface area (TPSA) is 41.1 Å². The molecule has 1 aromatic carbocycles. The van der Waals surface area contributed by atoms with E-state index in [1.54, 1.807) is 13.0 Å². The molecule has 6 heteroatoms. The Morgan fingerprint density at radius 1 is 1.40 bits per heavy atom. The highest BCUT2D eigenvalue weighted by atomic mass is 19.4. The molecule has 1 heterocycles. The summed E-state index contributed by atoms with van der Waals surface area (Å²) < 4.78 is 38.7. The van der Waals surface area contributed by atoms with Gasteiger partial charge in [-0.3, -0.25) is 4.79 Å². The summed E-state index contributed by atoms with van der Waals surface area (Å²) in [4.78, 5) is 11.1. The zero-order chi connectivity index (χ0) is 14.8. The number of benzene rings is 1. The Kier molecular flexibility index (Phi) is 4.32. The fourth-order valence-corrected chi connectivity index (χ4v) is 2.39. The lowest BCUT2D eigenvalue weighted by Crippen LogP contribution is -2.37. The van der Waals surface area contributed by atoms with Crippen molar-refractivity contribution in [3.8, 4) is 0 Å². The normalized spacial score (nSPS) is 20.8. The summed E-state index contributed by atoms with van der Waals surface area (Å²) in [5, 5.41) is 5.84. The van der Waals surface area contributed by atoms with Gasteiger partial charge >= 0.3 is 6.18 Å². The molecule has 2 unspecified atom stereocenters. The van der Waals surface area contributed by atoms with Gasteiger partial charge in [-0.05, 0) is 25.0 Å². The highest BCUT2D eigenvalue weighted by molar-refractivity contribution is 5.78. The number of alkyl halides is 3. The van der Waals surface area contributed by atoms with E-state index in [9.17, 15) is 18.0 Å². The van der Waals surface area contributed by atoms with Crippen molar-refractivity contribution in [2.45, 2.75) is 38.0 Å². The summed E-state index contributed by atoms with van der Waals surface area (Å²) in [6.07, 6.45) is -3.15. The Bertz CT molecular complexity index is 488. The molecule has 0 aliphatic carbocycles. The average molecular weight is 286 g/mol. The van der Waals surface area contributed by atoms with Gasteiger partial charge in [0.15, 0.2) is 0 Å². The number of carbonyl (C=O) groups is 1. The van der Waals surface area contributed by atoms with Crippen LogP contribution in [-0.2, 0) is 11.0 Å². The number of rotatable bonds is 4. The van der Waals surface area contributed by atoms with Crippen molar-refractivity contribution in [2.75, 3.05) is 6.54 Å². The van der Waals surface area contributed by atoms with Crippen LogP contribution in [0, 0.1) is 0 Å². The summed E-state index contributed by atoms with van der Waals surface area (Å²) in [6.45, 7) is 2.17. The highest BCUT2D eigenvalue weighted by Gasteiger charge is 2.34. The van der Waals surface area contributed by atoms with Gasteiger partial charge in [-0.2, -0.15) is 13.2 Å². The van der Waals surface area contributed by atoms with Crippen LogP contribution in [0.25, 0.3) is 0 Å². The number of hydrogen-bond acceptors (Lipinski definition) is 2. The van der Waals surface area contributed by atoms with E-state index >= 15 is 0 Å². The van der Waals surface area contributed by atoms with E-state index in [4.69, 9.17) is 0 Å². The monoisotopic (exact) mass is 286 g/mol. The van der Waals surface area contributed by atoms with E-state index in [1.165, 1.54) is 12.1 Å². The molecule has 2 rings (SSSR count). The summed E-state index contributed by atoms with van der Waals surface area (Å²) >= 11 is 0. The molecule has 0 radical (unpaired) electrons. The van der Waals surface area contributed by atoms with E-state index in [2.05, 4.69) is 10.6 Å². The van der Waals surface area contributed by atoms with Gasteiger partial charge in [0.25, 0.3) is 0 Å². The van der Waals surface area contributed by atoms with Crippen molar-refractivity contribution in [1.29, 1.82) is 0 Å². The van der Waals surface area contributed by atoms with E-state index in [0.717, 1.165) is 12.5 Å². The molecule has 1 fully saturated rings. The number of nitrogens with one attached hydrogen (secondary N) is 2. The van der Waals surface area contributed by atoms with Crippen molar-refractivity contribution < 1.29 is 18.0 Å². The van der Waals surface area contributed by atoms with Gasteiger partial charge in [-0.1, -0.05) is 18.2 Å². The molecule has 0 aromatic heterocycles. The van der Waals surface area contributed by atoms with Crippen LogP contribution in [0.2, 0.25) is 0 Å². The third-order valence-corrected chi connectivity index (χ3v) is 3.49. The minimum absolute atomic E-state index is 0.000134. The molecule has 110 valence electrons. The summed E-state index contributed by atoms with van der Waals surface area (Å²) in [7, 11) is 0. The van der Waals surface area contributed by atoms with Gasteiger partial charge in [0, 0.05) is 25.0 Å². The van der Waals surface area contributed by atoms with Crippen molar-refractivity contribution in [1.82, 2.24) is 10.6 Å². The van der Waals surface area contributed by atoms with Crippen molar-refractivity contribution >= 4 is 5.91 Å². The first kappa shape index (κ1) is 14.8. The lowest BCUT2D eigenvalue weighted by atomic mass is 10.0. The Labute approximate surface area is 115 Å². The predicted octanol–water partition coefficient (Wildman–Crippen LogP) is 2.63. The smallest absolute Gasteiger partial charge is 0.352 e. The third kappa shape index (κ3) is 3.50. The van der Waals surface area contributed by atoms with Crippen LogP contribution in [0.15, 0.2) is 24.3 Å². The van der Waals surface area contributed by atoms with E-state index in [0.29, 0.717) is 13.0 Å². The lowest BCUT2D eigenvalue weighted by molar-refractivity contribution is -0.138. The van der Waals surface area contributed by atoms with Crippen LogP contribution in [0.5, 0.6) is 0 Å². The van der Waals surface area contributed by atoms with Crippen LogP contribution < -0.4 is 10.6 Å². The van der Waals surface area contributed by atoms with Crippen LogP contribution in [-0.4, -0.2) is 18.5 Å². The summed E-state index contributed by atoms with van der Waals surface area (Å²) in [6, 6.07) is 5.13. The van der Waals surface area contributed by atoms with Crippen molar-refractivity contribution in [3.63, 3.8) is 0 Å². The van der Waals surface area contributed by atoms with Gasteiger partial charge in [0.2, 0.25) is 5.91 Å². The second-order valence-corrected chi connectivity index (χ2v) is 5.02. The molecule has 2 N–H and O–H groups in total. The van der Waals surface area contributed by atoms with Gasteiger partial charge < -0.3 is 10.6 Å². The van der Waals surface area contributed by atoms with E-state index < -0.39 is 17.8 Å². The maximum atomic E-state index is 12.9. The molecule has 0 bridgehead atoms. The second-order valence-electron chi connectivity index (χ2n) is 5.02. The molecule has 0 saturated carbocycles. The van der Waals surface area contributed by atoms with Crippen LogP contribution >= 0.6 is 0 Å². The summed E-state index contributed by atoms with van der Waals surface area (Å²) in [5.74, 6) is 0.000134. The Morgan fingerprint density at radius 3 is 2.70 bits per heavy atom. The maximum absolute atomic E-state index is 12.9. The van der Waals surface area contributed by atoms with Gasteiger partial charge in [-0.15, -0.1) is 0 Å². The first-order valence-corrected chi connectivity index (χ1v) is 6.57.